The van der Waals surface area contributed by atoms with Crippen molar-refractivity contribution >= 4 is 33.4 Å². The van der Waals surface area contributed by atoms with Crippen LogP contribution in [0.25, 0.3) is 0 Å². The lowest BCUT2D eigenvalue weighted by Crippen LogP contribution is -2.31. The van der Waals surface area contributed by atoms with Gasteiger partial charge in [-0.05, 0) is 53.2 Å². The van der Waals surface area contributed by atoms with Crippen molar-refractivity contribution < 1.29 is 14.0 Å². The van der Waals surface area contributed by atoms with E-state index in [1.807, 2.05) is 6.07 Å². The number of carbonyl (C=O) groups is 2. The summed E-state index contributed by atoms with van der Waals surface area (Å²) in [6, 6.07) is 11.7. The first-order valence-corrected chi connectivity index (χ1v) is 7.67. The second-order valence-corrected chi connectivity index (χ2v) is 5.40. The molecule has 0 bridgehead atoms. The van der Waals surface area contributed by atoms with E-state index in [1.165, 1.54) is 4.90 Å². The number of furan rings is 1. The molecular formula is C16H14BrN3O3. The van der Waals surface area contributed by atoms with Gasteiger partial charge < -0.3 is 14.6 Å². The molecule has 7 heteroatoms. The van der Waals surface area contributed by atoms with Gasteiger partial charge in [0.25, 0.3) is 11.8 Å². The number of benzene rings is 1. The summed E-state index contributed by atoms with van der Waals surface area (Å²) >= 11 is 3.13. The van der Waals surface area contributed by atoms with Crippen molar-refractivity contribution in [3.05, 3.63) is 52.4 Å². The lowest BCUT2D eigenvalue weighted by Gasteiger charge is -2.17. The molecule has 0 radical (unpaired) electrons. The van der Waals surface area contributed by atoms with E-state index in [1.54, 1.807) is 43.3 Å². The largest absolute Gasteiger partial charge is 0.444 e. The molecule has 23 heavy (non-hydrogen) atoms. The Kier molecular flexibility index (Phi) is 5.55. The predicted molar refractivity (Wildman–Crippen MR) is 88.0 cm³/mol. The molecule has 0 unspecified atom stereocenters. The normalized spacial score (nSPS) is 9.96. The topological polar surface area (TPSA) is 86.3 Å². The molecule has 1 N–H and O–H groups in total. The van der Waals surface area contributed by atoms with Gasteiger partial charge in [0.2, 0.25) is 0 Å². The summed E-state index contributed by atoms with van der Waals surface area (Å²) in [5.74, 6) is -0.510. The number of nitrogens with zero attached hydrogens (tertiary/aromatic N) is 2. The van der Waals surface area contributed by atoms with Crippen molar-refractivity contribution in [3.63, 3.8) is 0 Å². The summed E-state index contributed by atoms with van der Waals surface area (Å²) in [6.45, 7) is 2.26. The fraction of sp³-hybridized carbons (Fsp3) is 0.188. The van der Waals surface area contributed by atoms with Crippen LogP contribution in [-0.2, 0) is 0 Å². The lowest BCUT2D eigenvalue weighted by molar-refractivity contribution is 0.0784. The Morgan fingerprint density at radius 2 is 2.13 bits per heavy atom. The number of amides is 2. The number of anilines is 1. The molecule has 118 valence electrons. The molecule has 0 saturated heterocycles. The standard InChI is InChI=1S/C16H14BrN3O3/c1-2-20(9-8-18)16(22)11-4-3-5-12(10-11)19-15(21)13-6-7-14(17)23-13/h3-7,10H,2,9H2,1H3,(H,19,21). The van der Waals surface area contributed by atoms with Crippen LogP contribution in [0.3, 0.4) is 0 Å². The van der Waals surface area contributed by atoms with Crippen LogP contribution in [0, 0.1) is 11.3 Å². The van der Waals surface area contributed by atoms with Gasteiger partial charge in [0.1, 0.15) is 6.54 Å². The minimum Gasteiger partial charge on any atom is -0.444 e. The van der Waals surface area contributed by atoms with E-state index in [4.69, 9.17) is 9.68 Å². The third-order valence-electron chi connectivity index (χ3n) is 3.09. The molecule has 6 nitrogen and oxygen atoms in total. The molecular weight excluding hydrogens is 362 g/mol. The van der Waals surface area contributed by atoms with Crippen LogP contribution in [0.15, 0.2) is 45.5 Å². The number of rotatable bonds is 5. The van der Waals surface area contributed by atoms with Crippen LogP contribution in [0.5, 0.6) is 0 Å². The fourth-order valence-corrected chi connectivity index (χ4v) is 2.26. The first-order valence-electron chi connectivity index (χ1n) is 6.88. The van der Waals surface area contributed by atoms with E-state index in [0.29, 0.717) is 22.5 Å². The van der Waals surface area contributed by atoms with Crippen molar-refractivity contribution in [1.29, 1.82) is 5.26 Å². The number of halogens is 1. The summed E-state index contributed by atoms with van der Waals surface area (Å²) in [5.41, 5.74) is 0.877. The van der Waals surface area contributed by atoms with Gasteiger partial charge in [-0.25, -0.2) is 0 Å². The molecule has 2 rings (SSSR count). The number of carbonyl (C=O) groups excluding carboxylic acids is 2. The zero-order valence-electron chi connectivity index (χ0n) is 12.4. The van der Waals surface area contributed by atoms with Crippen LogP contribution in [0.4, 0.5) is 5.69 Å². The van der Waals surface area contributed by atoms with Crippen LogP contribution in [-0.4, -0.2) is 29.8 Å². The SMILES string of the molecule is CCN(CC#N)C(=O)c1cccc(NC(=O)c2ccc(Br)o2)c1. The molecule has 0 fully saturated rings. The number of nitrogens with one attached hydrogen (secondary N) is 1. The highest BCUT2D eigenvalue weighted by atomic mass is 79.9. The molecule has 0 aliphatic heterocycles. The van der Waals surface area contributed by atoms with E-state index in [2.05, 4.69) is 21.2 Å². The Morgan fingerprint density at radius 1 is 1.35 bits per heavy atom. The Hall–Kier alpha value is -2.59. The van der Waals surface area contributed by atoms with Crippen molar-refractivity contribution in [2.75, 3.05) is 18.4 Å². The maximum atomic E-state index is 12.3. The van der Waals surface area contributed by atoms with E-state index < -0.39 is 5.91 Å². The van der Waals surface area contributed by atoms with Crippen molar-refractivity contribution in [1.82, 2.24) is 4.90 Å². The summed E-state index contributed by atoms with van der Waals surface area (Å²) in [4.78, 5) is 25.8. The van der Waals surface area contributed by atoms with Crippen LogP contribution < -0.4 is 5.32 Å². The minimum absolute atomic E-state index is 0.0202. The summed E-state index contributed by atoms with van der Waals surface area (Å²) in [7, 11) is 0. The molecule has 2 aromatic rings. The zero-order chi connectivity index (χ0) is 16.8. The predicted octanol–water partition coefficient (Wildman–Crippen LogP) is 3.28. The van der Waals surface area contributed by atoms with E-state index in [9.17, 15) is 9.59 Å². The maximum Gasteiger partial charge on any atom is 0.291 e. The molecule has 0 spiro atoms. The van der Waals surface area contributed by atoms with E-state index in [0.717, 1.165) is 0 Å². The smallest absolute Gasteiger partial charge is 0.291 e. The van der Waals surface area contributed by atoms with Gasteiger partial charge in [0, 0.05) is 17.8 Å². The molecule has 1 aromatic carbocycles. The average molecular weight is 376 g/mol. The van der Waals surface area contributed by atoms with E-state index >= 15 is 0 Å². The highest BCUT2D eigenvalue weighted by Crippen LogP contribution is 2.17. The number of hydrogen-bond acceptors (Lipinski definition) is 4. The van der Waals surface area contributed by atoms with Gasteiger partial charge in [-0.2, -0.15) is 5.26 Å². The highest BCUT2D eigenvalue weighted by molar-refractivity contribution is 9.10. The van der Waals surface area contributed by atoms with Gasteiger partial charge in [-0.1, -0.05) is 6.07 Å². The van der Waals surface area contributed by atoms with E-state index in [-0.39, 0.29) is 18.2 Å². The third-order valence-corrected chi connectivity index (χ3v) is 3.52. The Labute approximate surface area is 141 Å². The minimum atomic E-state index is -0.412. The van der Waals surface area contributed by atoms with Crippen molar-refractivity contribution in [3.8, 4) is 6.07 Å². The number of nitriles is 1. The molecule has 0 saturated carbocycles. The van der Waals surface area contributed by atoms with Crippen LogP contribution >= 0.6 is 15.9 Å². The monoisotopic (exact) mass is 375 g/mol. The summed E-state index contributed by atoms with van der Waals surface area (Å²) in [5, 5.41) is 11.4. The second kappa shape index (κ2) is 7.61. The van der Waals surface area contributed by atoms with Crippen LogP contribution in [0.1, 0.15) is 27.8 Å². The second-order valence-electron chi connectivity index (χ2n) is 4.62. The lowest BCUT2D eigenvalue weighted by atomic mass is 10.1. The first-order chi connectivity index (χ1) is 11.0. The quantitative estimate of drug-likeness (QED) is 0.812. The third kappa shape index (κ3) is 4.20. The molecule has 2 amide bonds. The molecule has 0 aliphatic carbocycles. The molecule has 1 aromatic heterocycles. The molecule has 0 atom stereocenters. The van der Waals surface area contributed by atoms with Gasteiger partial charge in [-0.15, -0.1) is 0 Å². The fourth-order valence-electron chi connectivity index (χ4n) is 1.95. The van der Waals surface area contributed by atoms with Gasteiger partial charge in [-0.3, -0.25) is 9.59 Å². The Morgan fingerprint density at radius 3 is 2.74 bits per heavy atom. The van der Waals surface area contributed by atoms with Gasteiger partial charge >= 0.3 is 0 Å². The van der Waals surface area contributed by atoms with Crippen molar-refractivity contribution in [2.45, 2.75) is 6.92 Å². The summed E-state index contributed by atoms with van der Waals surface area (Å²) in [6.07, 6.45) is 0. The van der Waals surface area contributed by atoms with Crippen LogP contribution in [0.2, 0.25) is 0 Å². The van der Waals surface area contributed by atoms with Gasteiger partial charge in [0.05, 0.1) is 6.07 Å². The van der Waals surface area contributed by atoms with Gasteiger partial charge in [0.15, 0.2) is 10.4 Å². The Balaban J connectivity index is 2.15. The maximum absolute atomic E-state index is 12.3. The molecule has 0 aliphatic rings. The Bertz CT molecular complexity index is 764. The number of hydrogen-bond donors (Lipinski definition) is 1. The highest BCUT2D eigenvalue weighted by Gasteiger charge is 2.15. The summed E-state index contributed by atoms with van der Waals surface area (Å²) < 4.78 is 5.64. The van der Waals surface area contributed by atoms with Crippen molar-refractivity contribution in [2.24, 2.45) is 0 Å². The first kappa shape index (κ1) is 16.8. The zero-order valence-corrected chi connectivity index (χ0v) is 14.0. The average Bonchev–Trinajstić information content (AvgIpc) is 2.99. The molecule has 1 heterocycles.